The lowest BCUT2D eigenvalue weighted by Crippen LogP contribution is -2.30. The van der Waals surface area contributed by atoms with Gasteiger partial charge in [-0.15, -0.1) is 0 Å². The highest BCUT2D eigenvalue weighted by atomic mass is 35.5. The van der Waals surface area contributed by atoms with Crippen LogP contribution in [0.25, 0.3) is 0 Å². The minimum atomic E-state index is -0.495. The molecule has 0 bridgehead atoms. The van der Waals surface area contributed by atoms with Crippen molar-refractivity contribution in [2.45, 2.75) is 19.9 Å². The van der Waals surface area contributed by atoms with E-state index in [2.05, 4.69) is 0 Å². The number of carbonyl (C=O) groups is 1. The minimum Gasteiger partial charge on any atom is -0.335 e. The largest absolute Gasteiger partial charge is 0.335 e. The molecule has 110 valence electrons. The van der Waals surface area contributed by atoms with Crippen molar-refractivity contribution >= 4 is 17.5 Å². The highest BCUT2D eigenvalue weighted by Gasteiger charge is 2.21. The van der Waals surface area contributed by atoms with Gasteiger partial charge in [0.2, 0.25) is 0 Å². The molecule has 0 heterocycles. The molecule has 1 amide bonds. The Bertz CT molecular complexity index is 672. The molecule has 0 aromatic heterocycles. The van der Waals surface area contributed by atoms with Crippen molar-refractivity contribution < 1.29 is 9.18 Å². The summed E-state index contributed by atoms with van der Waals surface area (Å²) in [6.45, 7) is 3.67. The molecule has 0 spiro atoms. The van der Waals surface area contributed by atoms with Crippen LogP contribution in [0.15, 0.2) is 42.5 Å². The molecular formula is C17H17ClFNO. The number of nitrogens with zero attached hydrogens (tertiary/aromatic N) is 1. The van der Waals surface area contributed by atoms with Crippen molar-refractivity contribution in [1.82, 2.24) is 4.90 Å². The molecule has 1 atom stereocenters. The van der Waals surface area contributed by atoms with E-state index in [4.69, 9.17) is 11.6 Å². The molecule has 2 rings (SSSR count). The Kier molecular flexibility index (Phi) is 4.63. The Morgan fingerprint density at radius 3 is 2.57 bits per heavy atom. The van der Waals surface area contributed by atoms with Gasteiger partial charge in [0.05, 0.1) is 11.6 Å². The second kappa shape index (κ2) is 6.27. The van der Waals surface area contributed by atoms with Gasteiger partial charge in [-0.05, 0) is 49.2 Å². The van der Waals surface area contributed by atoms with Crippen molar-refractivity contribution in [3.05, 3.63) is 70.0 Å². The average Bonchev–Trinajstić information content (AvgIpc) is 2.45. The molecule has 0 saturated carbocycles. The lowest BCUT2D eigenvalue weighted by atomic mass is 10.1. The van der Waals surface area contributed by atoms with Gasteiger partial charge in [-0.3, -0.25) is 4.79 Å². The first kappa shape index (κ1) is 15.5. The monoisotopic (exact) mass is 305 g/mol. The fourth-order valence-corrected chi connectivity index (χ4v) is 2.35. The Morgan fingerprint density at radius 2 is 1.95 bits per heavy atom. The van der Waals surface area contributed by atoms with Gasteiger partial charge in [0.1, 0.15) is 5.82 Å². The summed E-state index contributed by atoms with van der Waals surface area (Å²) >= 11 is 5.97. The summed E-state index contributed by atoms with van der Waals surface area (Å²) < 4.78 is 13.9. The third-order valence-corrected chi connectivity index (χ3v) is 3.82. The fraction of sp³-hybridized carbons (Fsp3) is 0.235. The molecule has 0 aliphatic carbocycles. The normalized spacial score (nSPS) is 12.0. The molecule has 0 fully saturated rings. The zero-order valence-electron chi connectivity index (χ0n) is 12.2. The standard InChI is InChI=1S/C17H17ClFNO/c1-11-7-8-15(16(19)9-11)17(21)20(3)12(2)13-5-4-6-14(18)10-13/h4-10,12H,1-3H3. The second-order valence-corrected chi connectivity index (χ2v) is 5.57. The van der Waals surface area contributed by atoms with Crippen molar-refractivity contribution in [2.24, 2.45) is 0 Å². The zero-order valence-corrected chi connectivity index (χ0v) is 13.0. The Morgan fingerprint density at radius 1 is 1.24 bits per heavy atom. The molecule has 0 aliphatic rings. The smallest absolute Gasteiger partial charge is 0.257 e. The number of aryl methyl sites for hydroxylation is 1. The van der Waals surface area contributed by atoms with Gasteiger partial charge in [0.25, 0.3) is 5.91 Å². The molecular weight excluding hydrogens is 289 g/mol. The van der Waals surface area contributed by atoms with Gasteiger partial charge < -0.3 is 4.90 Å². The van der Waals surface area contributed by atoms with E-state index in [1.165, 1.54) is 17.0 Å². The van der Waals surface area contributed by atoms with Crippen LogP contribution >= 0.6 is 11.6 Å². The van der Waals surface area contributed by atoms with E-state index in [0.717, 1.165) is 11.1 Å². The van der Waals surface area contributed by atoms with Crippen LogP contribution < -0.4 is 0 Å². The van der Waals surface area contributed by atoms with Crippen molar-refractivity contribution in [3.63, 3.8) is 0 Å². The van der Waals surface area contributed by atoms with Crippen molar-refractivity contribution in [1.29, 1.82) is 0 Å². The van der Waals surface area contributed by atoms with Gasteiger partial charge >= 0.3 is 0 Å². The summed E-state index contributed by atoms with van der Waals surface area (Å²) in [5.74, 6) is -0.842. The highest BCUT2D eigenvalue weighted by molar-refractivity contribution is 6.30. The van der Waals surface area contributed by atoms with Crippen molar-refractivity contribution in [2.75, 3.05) is 7.05 Å². The SMILES string of the molecule is Cc1ccc(C(=O)N(C)C(C)c2cccc(Cl)c2)c(F)c1. The lowest BCUT2D eigenvalue weighted by molar-refractivity contribution is 0.0738. The number of carbonyl (C=O) groups excluding carboxylic acids is 1. The van der Waals surface area contributed by atoms with Crippen LogP contribution in [0.3, 0.4) is 0 Å². The molecule has 2 aromatic rings. The summed E-state index contributed by atoms with van der Waals surface area (Å²) in [7, 11) is 1.66. The quantitative estimate of drug-likeness (QED) is 0.810. The second-order valence-electron chi connectivity index (χ2n) is 5.13. The van der Waals surface area contributed by atoms with Gasteiger partial charge in [-0.1, -0.05) is 29.8 Å². The molecule has 2 nitrogen and oxygen atoms in total. The van der Waals surface area contributed by atoms with Crippen LogP contribution in [-0.4, -0.2) is 17.9 Å². The first-order chi connectivity index (χ1) is 9.90. The van der Waals surface area contributed by atoms with Gasteiger partial charge in [-0.2, -0.15) is 0 Å². The van der Waals surface area contributed by atoms with Gasteiger partial charge in [0.15, 0.2) is 0 Å². The summed E-state index contributed by atoms with van der Waals surface area (Å²) in [5, 5.41) is 0.613. The van der Waals surface area contributed by atoms with Crippen LogP contribution in [-0.2, 0) is 0 Å². The number of amides is 1. The first-order valence-electron chi connectivity index (χ1n) is 6.69. The third kappa shape index (κ3) is 3.42. The number of halogens is 2. The van der Waals surface area contributed by atoms with E-state index in [9.17, 15) is 9.18 Å². The number of hydrogen-bond acceptors (Lipinski definition) is 1. The molecule has 0 radical (unpaired) electrons. The maximum absolute atomic E-state index is 13.9. The van der Waals surface area contributed by atoms with E-state index in [1.54, 1.807) is 26.1 Å². The van der Waals surface area contributed by atoms with E-state index >= 15 is 0 Å². The number of hydrogen-bond donors (Lipinski definition) is 0. The van der Waals surface area contributed by atoms with E-state index in [1.807, 2.05) is 25.1 Å². The van der Waals surface area contributed by atoms with E-state index in [-0.39, 0.29) is 17.5 Å². The van der Waals surface area contributed by atoms with Gasteiger partial charge in [0, 0.05) is 12.1 Å². The molecule has 0 saturated heterocycles. The van der Waals surface area contributed by atoms with Crippen LogP contribution in [0.2, 0.25) is 5.02 Å². The predicted octanol–water partition coefficient (Wildman–Crippen LogP) is 4.62. The molecule has 0 aliphatic heterocycles. The number of benzene rings is 2. The van der Waals surface area contributed by atoms with Crippen LogP contribution in [0, 0.1) is 12.7 Å². The van der Waals surface area contributed by atoms with Gasteiger partial charge in [-0.25, -0.2) is 4.39 Å². The Labute approximate surface area is 129 Å². The third-order valence-electron chi connectivity index (χ3n) is 3.59. The minimum absolute atomic E-state index is 0.0805. The Hall–Kier alpha value is -1.87. The van der Waals surface area contributed by atoms with E-state index in [0.29, 0.717) is 5.02 Å². The average molecular weight is 306 g/mol. The lowest BCUT2D eigenvalue weighted by Gasteiger charge is -2.25. The predicted molar refractivity (Wildman–Crippen MR) is 83.1 cm³/mol. The number of rotatable bonds is 3. The first-order valence-corrected chi connectivity index (χ1v) is 7.06. The zero-order chi connectivity index (χ0) is 15.6. The van der Waals surface area contributed by atoms with Crippen molar-refractivity contribution in [3.8, 4) is 0 Å². The van der Waals surface area contributed by atoms with Crippen LogP contribution in [0.5, 0.6) is 0 Å². The highest BCUT2D eigenvalue weighted by Crippen LogP contribution is 2.24. The molecule has 2 aromatic carbocycles. The molecule has 0 N–H and O–H groups in total. The topological polar surface area (TPSA) is 20.3 Å². The van der Waals surface area contributed by atoms with Crippen LogP contribution in [0.1, 0.15) is 34.5 Å². The Balaban J connectivity index is 2.26. The summed E-state index contributed by atoms with van der Waals surface area (Å²) in [6, 6.07) is 11.7. The maximum Gasteiger partial charge on any atom is 0.257 e. The molecule has 1 unspecified atom stereocenters. The maximum atomic E-state index is 13.9. The summed E-state index contributed by atoms with van der Waals surface area (Å²) in [6.07, 6.45) is 0. The summed E-state index contributed by atoms with van der Waals surface area (Å²) in [4.78, 5) is 13.9. The molecule has 4 heteroatoms. The molecule has 21 heavy (non-hydrogen) atoms. The fourth-order valence-electron chi connectivity index (χ4n) is 2.15. The van der Waals surface area contributed by atoms with Crippen LogP contribution in [0.4, 0.5) is 4.39 Å². The summed E-state index contributed by atoms with van der Waals surface area (Å²) in [5.41, 5.74) is 1.78. The van der Waals surface area contributed by atoms with E-state index < -0.39 is 5.82 Å².